The second-order valence-corrected chi connectivity index (χ2v) is 5.55. The topological polar surface area (TPSA) is 67.0 Å². The Kier molecular flexibility index (Phi) is 5.10. The highest BCUT2D eigenvalue weighted by molar-refractivity contribution is 5.03. The fraction of sp³-hybridized carbons (Fsp3) is 0.714. The van der Waals surface area contributed by atoms with Crippen molar-refractivity contribution in [3.63, 3.8) is 0 Å². The molecular weight excluding hydrogens is 242 g/mol. The molecule has 1 unspecified atom stereocenters. The number of rotatable bonds is 6. The van der Waals surface area contributed by atoms with E-state index in [1.165, 1.54) is 0 Å². The molecule has 5 heteroatoms. The molecule has 1 aliphatic rings. The first-order chi connectivity index (χ1) is 9.13. The molecule has 0 spiro atoms. The van der Waals surface area contributed by atoms with Gasteiger partial charge in [0.2, 0.25) is 0 Å². The van der Waals surface area contributed by atoms with Crippen LogP contribution < -0.4 is 10.9 Å². The maximum Gasteiger partial charge on any atom is 0.251 e. The largest absolute Gasteiger partial charge is 0.378 e. The first kappa shape index (κ1) is 14.2. The van der Waals surface area contributed by atoms with Gasteiger partial charge in [-0.3, -0.25) is 4.79 Å². The van der Waals surface area contributed by atoms with Gasteiger partial charge in [-0.1, -0.05) is 13.8 Å². The van der Waals surface area contributed by atoms with Gasteiger partial charge in [-0.2, -0.15) is 0 Å². The highest BCUT2D eigenvalue weighted by Gasteiger charge is 2.17. The van der Waals surface area contributed by atoms with Gasteiger partial charge in [0.25, 0.3) is 5.56 Å². The lowest BCUT2D eigenvalue weighted by atomic mass is 10.2. The molecule has 1 saturated heterocycles. The van der Waals surface area contributed by atoms with Crippen molar-refractivity contribution in [3.05, 3.63) is 27.9 Å². The van der Waals surface area contributed by atoms with Crippen molar-refractivity contribution in [1.29, 1.82) is 0 Å². The molecule has 19 heavy (non-hydrogen) atoms. The van der Waals surface area contributed by atoms with Crippen molar-refractivity contribution >= 4 is 0 Å². The molecule has 1 atom stereocenters. The summed E-state index contributed by atoms with van der Waals surface area (Å²) in [5.74, 6) is 1.33. The van der Waals surface area contributed by atoms with Gasteiger partial charge in [0, 0.05) is 25.6 Å². The molecule has 0 radical (unpaired) electrons. The molecule has 1 aliphatic heterocycles. The lowest BCUT2D eigenvalue weighted by Gasteiger charge is -2.10. The summed E-state index contributed by atoms with van der Waals surface area (Å²) in [5.41, 5.74) is 0.724. The van der Waals surface area contributed by atoms with E-state index in [1.54, 1.807) is 6.07 Å². The second-order valence-electron chi connectivity index (χ2n) is 5.55. The third-order valence-electron chi connectivity index (χ3n) is 3.15. The Morgan fingerprint density at radius 2 is 2.42 bits per heavy atom. The average Bonchev–Trinajstić information content (AvgIpc) is 2.80. The van der Waals surface area contributed by atoms with Gasteiger partial charge in [-0.05, 0) is 25.3 Å². The lowest BCUT2D eigenvalue weighted by molar-refractivity contribution is 0.109. The molecule has 2 rings (SSSR count). The molecule has 0 bridgehead atoms. The quantitative estimate of drug-likeness (QED) is 0.812. The number of aromatic amines is 1. The summed E-state index contributed by atoms with van der Waals surface area (Å²) in [7, 11) is 0. The molecule has 0 amide bonds. The number of H-pyrrole nitrogens is 1. The minimum Gasteiger partial charge on any atom is -0.378 e. The molecule has 5 nitrogen and oxygen atoms in total. The summed E-state index contributed by atoms with van der Waals surface area (Å²) in [4.78, 5) is 18.9. The standard InChI is InChI=1S/C14H23N3O2/c1-10(2)8-15-9-11-6-14(18)17-13(16-11)7-12-4-3-5-19-12/h6,10,12,15H,3-5,7-9H2,1-2H3,(H,16,17,18). The van der Waals surface area contributed by atoms with Gasteiger partial charge in [0.05, 0.1) is 11.8 Å². The third-order valence-corrected chi connectivity index (χ3v) is 3.15. The Bertz CT molecular complexity index is 450. The maximum atomic E-state index is 11.6. The van der Waals surface area contributed by atoms with Crippen LogP contribution in [-0.4, -0.2) is 29.2 Å². The molecule has 1 aromatic heterocycles. The van der Waals surface area contributed by atoms with Gasteiger partial charge < -0.3 is 15.0 Å². The van der Waals surface area contributed by atoms with Crippen LogP contribution in [0.15, 0.2) is 10.9 Å². The highest BCUT2D eigenvalue weighted by Crippen LogP contribution is 2.14. The molecule has 0 aromatic carbocycles. The molecule has 1 aromatic rings. The Balaban J connectivity index is 1.95. The molecule has 106 valence electrons. The van der Waals surface area contributed by atoms with Crippen LogP contribution in [0.3, 0.4) is 0 Å². The van der Waals surface area contributed by atoms with Crippen LogP contribution in [0.1, 0.15) is 38.2 Å². The average molecular weight is 265 g/mol. The molecule has 2 N–H and O–H groups in total. The second kappa shape index (κ2) is 6.82. The number of ether oxygens (including phenoxy) is 1. The van der Waals surface area contributed by atoms with E-state index in [2.05, 4.69) is 29.1 Å². The zero-order chi connectivity index (χ0) is 13.7. The number of nitrogens with zero attached hydrogens (tertiary/aromatic N) is 1. The summed E-state index contributed by atoms with van der Waals surface area (Å²) in [5, 5.41) is 3.30. The number of hydrogen-bond donors (Lipinski definition) is 2. The summed E-state index contributed by atoms with van der Waals surface area (Å²) < 4.78 is 5.57. The maximum absolute atomic E-state index is 11.6. The minimum absolute atomic E-state index is 0.0793. The monoisotopic (exact) mass is 265 g/mol. The van der Waals surface area contributed by atoms with Crippen molar-refractivity contribution in [3.8, 4) is 0 Å². The van der Waals surface area contributed by atoms with Crippen molar-refractivity contribution in [1.82, 2.24) is 15.3 Å². The lowest BCUT2D eigenvalue weighted by Crippen LogP contribution is -2.23. The van der Waals surface area contributed by atoms with Gasteiger partial charge in [0.1, 0.15) is 5.82 Å². The van der Waals surface area contributed by atoms with Gasteiger partial charge in [0.15, 0.2) is 0 Å². The van der Waals surface area contributed by atoms with E-state index in [-0.39, 0.29) is 11.7 Å². The first-order valence-electron chi connectivity index (χ1n) is 7.05. The highest BCUT2D eigenvalue weighted by atomic mass is 16.5. The van der Waals surface area contributed by atoms with E-state index in [0.717, 1.165) is 37.5 Å². The summed E-state index contributed by atoms with van der Waals surface area (Å²) >= 11 is 0. The van der Waals surface area contributed by atoms with E-state index in [4.69, 9.17) is 4.74 Å². The van der Waals surface area contributed by atoms with Crippen LogP contribution in [0, 0.1) is 5.92 Å². The van der Waals surface area contributed by atoms with Crippen LogP contribution in [0.25, 0.3) is 0 Å². The van der Waals surface area contributed by atoms with Crippen molar-refractivity contribution in [2.75, 3.05) is 13.2 Å². The van der Waals surface area contributed by atoms with Gasteiger partial charge in [-0.15, -0.1) is 0 Å². The van der Waals surface area contributed by atoms with Gasteiger partial charge in [-0.25, -0.2) is 4.98 Å². The summed E-state index contributed by atoms with van der Waals surface area (Å²) in [6.45, 7) is 6.70. The van der Waals surface area contributed by atoms with Crippen LogP contribution in [-0.2, 0) is 17.7 Å². The number of aromatic nitrogens is 2. The normalized spacial score (nSPS) is 19.2. The predicted octanol–water partition coefficient (Wildman–Crippen LogP) is 1.24. The zero-order valence-electron chi connectivity index (χ0n) is 11.7. The van der Waals surface area contributed by atoms with E-state index < -0.39 is 0 Å². The molecule has 2 heterocycles. The van der Waals surface area contributed by atoms with E-state index in [9.17, 15) is 4.79 Å². The van der Waals surface area contributed by atoms with Crippen LogP contribution in [0.5, 0.6) is 0 Å². The minimum atomic E-state index is -0.0793. The molecule has 0 saturated carbocycles. The van der Waals surface area contributed by atoms with E-state index in [1.807, 2.05) is 0 Å². The summed E-state index contributed by atoms with van der Waals surface area (Å²) in [6.07, 6.45) is 3.07. The van der Waals surface area contributed by atoms with Crippen LogP contribution in [0.4, 0.5) is 0 Å². The smallest absolute Gasteiger partial charge is 0.251 e. The molecule has 1 fully saturated rings. The predicted molar refractivity (Wildman–Crippen MR) is 74.1 cm³/mol. The Hall–Kier alpha value is -1.20. The van der Waals surface area contributed by atoms with E-state index in [0.29, 0.717) is 18.9 Å². The fourth-order valence-electron chi connectivity index (χ4n) is 2.26. The van der Waals surface area contributed by atoms with Crippen molar-refractivity contribution in [2.45, 2.75) is 45.8 Å². The summed E-state index contributed by atoms with van der Waals surface area (Å²) in [6, 6.07) is 1.56. The molecular formula is C14H23N3O2. The Morgan fingerprint density at radius 3 is 3.11 bits per heavy atom. The number of nitrogens with one attached hydrogen (secondary N) is 2. The zero-order valence-corrected chi connectivity index (χ0v) is 11.7. The first-order valence-corrected chi connectivity index (χ1v) is 7.05. The Labute approximate surface area is 113 Å². The van der Waals surface area contributed by atoms with Crippen molar-refractivity contribution in [2.24, 2.45) is 5.92 Å². The fourth-order valence-corrected chi connectivity index (χ4v) is 2.26. The van der Waals surface area contributed by atoms with Gasteiger partial charge >= 0.3 is 0 Å². The SMILES string of the molecule is CC(C)CNCc1cc(=O)[nH]c(CC2CCCO2)n1. The van der Waals surface area contributed by atoms with E-state index >= 15 is 0 Å². The number of hydrogen-bond acceptors (Lipinski definition) is 4. The van der Waals surface area contributed by atoms with Crippen molar-refractivity contribution < 1.29 is 4.74 Å². The van der Waals surface area contributed by atoms with Crippen LogP contribution >= 0.6 is 0 Å². The molecule has 0 aliphatic carbocycles. The van der Waals surface area contributed by atoms with Crippen LogP contribution in [0.2, 0.25) is 0 Å². The third kappa shape index (κ3) is 4.76. The Morgan fingerprint density at radius 1 is 1.58 bits per heavy atom.